The van der Waals surface area contributed by atoms with Crippen LogP contribution in [0.1, 0.15) is 16.3 Å². The van der Waals surface area contributed by atoms with Gasteiger partial charge < -0.3 is 14.7 Å². The Balaban J connectivity index is 1.52. The lowest BCUT2D eigenvalue weighted by atomic mass is 10.1. The number of aryl methyl sites for hydroxylation is 2. The summed E-state index contributed by atoms with van der Waals surface area (Å²) in [6.07, 6.45) is 2.20. The predicted molar refractivity (Wildman–Crippen MR) is 97.7 cm³/mol. The van der Waals surface area contributed by atoms with Gasteiger partial charge in [0.05, 0.1) is 17.0 Å². The van der Waals surface area contributed by atoms with E-state index in [1.807, 2.05) is 43.5 Å². The molecule has 0 bridgehead atoms. The topological polar surface area (TPSA) is 83.8 Å². The highest BCUT2D eigenvalue weighted by Gasteiger charge is 2.15. The number of rotatable bonds is 4. The third-order valence-corrected chi connectivity index (χ3v) is 4.99. The van der Waals surface area contributed by atoms with Gasteiger partial charge in [-0.05, 0) is 24.6 Å². The first-order valence-electron chi connectivity index (χ1n) is 7.86. The maximum Gasteiger partial charge on any atom is 0.257 e. The summed E-state index contributed by atoms with van der Waals surface area (Å²) in [6, 6.07) is 9.83. The van der Waals surface area contributed by atoms with Crippen molar-refractivity contribution < 1.29 is 9.21 Å². The molecule has 7 heteroatoms. The van der Waals surface area contributed by atoms with Gasteiger partial charge in [0, 0.05) is 28.9 Å². The largest absolute Gasteiger partial charge is 0.420 e. The molecule has 0 atom stereocenters. The molecule has 0 aliphatic carbocycles. The third-order valence-electron chi connectivity index (χ3n) is 3.95. The minimum absolute atomic E-state index is 0.0566. The van der Waals surface area contributed by atoms with Gasteiger partial charge in [-0.1, -0.05) is 18.2 Å². The van der Waals surface area contributed by atoms with E-state index in [4.69, 9.17) is 4.42 Å². The molecule has 6 nitrogen and oxygen atoms in total. The summed E-state index contributed by atoms with van der Waals surface area (Å²) in [4.78, 5) is 17.5. The molecule has 0 spiro atoms. The highest BCUT2D eigenvalue weighted by Crippen LogP contribution is 2.33. The van der Waals surface area contributed by atoms with Crippen LogP contribution in [0.2, 0.25) is 0 Å². The number of thiophene rings is 1. The summed E-state index contributed by atoms with van der Waals surface area (Å²) in [5, 5.41) is 11.9. The Bertz CT molecular complexity index is 1060. The van der Waals surface area contributed by atoms with Crippen molar-refractivity contribution in [2.24, 2.45) is 0 Å². The van der Waals surface area contributed by atoms with E-state index >= 15 is 0 Å². The average Bonchev–Trinajstić information content (AvgIpc) is 3.28. The number of anilines is 1. The molecule has 4 rings (SSSR count). The molecule has 25 heavy (non-hydrogen) atoms. The monoisotopic (exact) mass is 352 g/mol. The molecule has 3 aromatic heterocycles. The number of para-hydroxylation sites is 1. The van der Waals surface area contributed by atoms with Crippen molar-refractivity contribution in [3.63, 3.8) is 0 Å². The van der Waals surface area contributed by atoms with E-state index < -0.39 is 0 Å². The molecular weight excluding hydrogens is 336 g/mol. The van der Waals surface area contributed by atoms with Gasteiger partial charge in [0.25, 0.3) is 5.89 Å². The SMILES string of the molecule is Cc1nnc(-c2cc(NC(=O)Cc3c[nH]c4ccccc34)c(C)s2)o1. The first kappa shape index (κ1) is 15.6. The van der Waals surface area contributed by atoms with Gasteiger partial charge in [0.1, 0.15) is 0 Å². The van der Waals surface area contributed by atoms with E-state index in [1.54, 1.807) is 6.92 Å². The Hall–Kier alpha value is -2.93. The number of aromatic nitrogens is 3. The van der Waals surface area contributed by atoms with E-state index in [2.05, 4.69) is 20.5 Å². The van der Waals surface area contributed by atoms with Crippen LogP contribution in [0, 0.1) is 13.8 Å². The third kappa shape index (κ3) is 3.06. The second-order valence-electron chi connectivity index (χ2n) is 5.79. The smallest absolute Gasteiger partial charge is 0.257 e. The van der Waals surface area contributed by atoms with Gasteiger partial charge in [-0.15, -0.1) is 21.5 Å². The van der Waals surface area contributed by atoms with Crippen molar-refractivity contribution in [3.8, 4) is 10.8 Å². The molecule has 0 aliphatic heterocycles. The zero-order valence-electron chi connectivity index (χ0n) is 13.8. The Morgan fingerprint density at radius 2 is 2.12 bits per heavy atom. The van der Waals surface area contributed by atoms with Crippen molar-refractivity contribution >= 4 is 33.8 Å². The van der Waals surface area contributed by atoms with Crippen LogP contribution < -0.4 is 5.32 Å². The molecule has 0 saturated carbocycles. The fourth-order valence-corrected chi connectivity index (χ4v) is 3.65. The van der Waals surface area contributed by atoms with E-state index in [9.17, 15) is 4.79 Å². The van der Waals surface area contributed by atoms with E-state index in [0.29, 0.717) is 18.2 Å². The fourth-order valence-electron chi connectivity index (χ4n) is 2.75. The molecule has 4 aromatic rings. The number of nitrogens with zero attached hydrogens (tertiary/aromatic N) is 2. The quantitative estimate of drug-likeness (QED) is 0.580. The zero-order chi connectivity index (χ0) is 17.4. The minimum Gasteiger partial charge on any atom is -0.420 e. The molecule has 0 fully saturated rings. The molecule has 2 N–H and O–H groups in total. The molecule has 0 radical (unpaired) electrons. The number of carbonyl (C=O) groups excluding carboxylic acids is 1. The molecule has 0 unspecified atom stereocenters. The standard InChI is InChI=1S/C18H16N4O2S/c1-10-15(8-16(25-10)18-22-21-11(2)24-18)20-17(23)7-12-9-19-14-6-4-3-5-13(12)14/h3-6,8-9,19H,7H2,1-2H3,(H,20,23). The van der Waals surface area contributed by atoms with Crippen molar-refractivity contribution in [2.75, 3.05) is 5.32 Å². The van der Waals surface area contributed by atoms with E-state index in [-0.39, 0.29) is 5.91 Å². The van der Waals surface area contributed by atoms with Crippen LogP contribution in [0.25, 0.3) is 21.7 Å². The first-order chi connectivity index (χ1) is 12.1. The summed E-state index contributed by atoms with van der Waals surface area (Å²) in [5.74, 6) is 0.938. The van der Waals surface area contributed by atoms with Crippen molar-refractivity contribution in [2.45, 2.75) is 20.3 Å². The lowest BCUT2D eigenvalue weighted by molar-refractivity contribution is -0.115. The number of hydrogen-bond acceptors (Lipinski definition) is 5. The fraction of sp³-hybridized carbons (Fsp3) is 0.167. The lowest BCUT2D eigenvalue weighted by Gasteiger charge is -2.03. The highest BCUT2D eigenvalue weighted by molar-refractivity contribution is 7.15. The van der Waals surface area contributed by atoms with Crippen molar-refractivity contribution in [1.82, 2.24) is 15.2 Å². The number of nitrogens with one attached hydrogen (secondary N) is 2. The Morgan fingerprint density at radius 3 is 2.92 bits per heavy atom. The minimum atomic E-state index is -0.0566. The maximum atomic E-state index is 12.5. The summed E-state index contributed by atoms with van der Waals surface area (Å²) in [6.45, 7) is 3.71. The summed E-state index contributed by atoms with van der Waals surface area (Å²) >= 11 is 1.52. The Labute approximate surface area is 147 Å². The van der Waals surface area contributed by atoms with Crippen LogP contribution in [0.4, 0.5) is 5.69 Å². The van der Waals surface area contributed by atoms with E-state index in [1.165, 1.54) is 11.3 Å². The predicted octanol–water partition coefficient (Wildman–Crippen LogP) is 4.08. The second kappa shape index (κ2) is 6.18. The zero-order valence-corrected chi connectivity index (χ0v) is 14.6. The number of hydrogen-bond donors (Lipinski definition) is 2. The number of H-pyrrole nitrogens is 1. The Kier molecular flexibility index (Phi) is 3.85. The molecule has 126 valence electrons. The molecule has 0 aliphatic rings. The van der Waals surface area contributed by atoms with Crippen LogP contribution >= 0.6 is 11.3 Å². The number of fused-ring (bicyclic) bond motifs is 1. The van der Waals surface area contributed by atoms with Gasteiger partial charge in [0.15, 0.2) is 0 Å². The molecule has 0 saturated heterocycles. The van der Waals surface area contributed by atoms with Crippen molar-refractivity contribution in [3.05, 3.63) is 52.9 Å². The Morgan fingerprint density at radius 1 is 1.28 bits per heavy atom. The molecule has 1 amide bonds. The number of amides is 1. The first-order valence-corrected chi connectivity index (χ1v) is 8.67. The average molecular weight is 352 g/mol. The summed E-state index contributed by atoms with van der Waals surface area (Å²) in [5.41, 5.74) is 2.79. The van der Waals surface area contributed by atoms with Crippen LogP contribution in [0.5, 0.6) is 0 Å². The van der Waals surface area contributed by atoms with Crippen molar-refractivity contribution in [1.29, 1.82) is 0 Å². The molecular formula is C18H16N4O2S. The number of benzene rings is 1. The normalized spacial score (nSPS) is 11.1. The lowest BCUT2D eigenvalue weighted by Crippen LogP contribution is -2.14. The van der Waals surface area contributed by atoms with Gasteiger partial charge in [0.2, 0.25) is 11.8 Å². The highest BCUT2D eigenvalue weighted by atomic mass is 32.1. The van der Waals surface area contributed by atoms with Gasteiger partial charge in [-0.2, -0.15) is 0 Å². The maximum absolute atomic E-state index is 12.5. The number of carbonyl (C=O) groups is 1. The van der Waals surface area contributed by atoms with Crippen LogP contribution in [0.15, 0.2) is 40.9 Å². The summed E-state index contributed by atoms with van der Waals surface area (Å²) in [7, 11) is 0. The molecule has 1 aromatic carbocycles. The molecule has 3 heterocycles. The van der Waals surface area contributed by atoms with E-state index in [0.717, 1.165) is 31.9 Å². The van der Waals surface area contributed by atoms with Crippen LogP contribution in [0.3, 0.4) is 0 Å². The van der Waals surface area contributed by atoms with Gasteiger partial charge in [-0.25, -0.2) is 0 Å². The summed E-state index contributed by atoms with van der Waals surface area (Å²) < 4.78 is 5.45. The second-order valence-corrected chi connectivity index (χ2v) is 7.05. The van der Waals surface area contributed by atoms with Gasteiger partial charge in [-0.3, -0.25) is 4.79 Å². The van der Waals surface area contributed by atoms with Gasteiger partial charge >= 0.3 is 0 Å². The van der Waals surface area contributed by atoms with Crippen LogP contribution in [-0.4, -0.2) is 21.1 Å². The van der Waals surface area contributed by atoms with Crippen LogP contribution in [-0.2, 0) is 11.2 Å². The number of aromatic amines is 1.